The molecule has 1 rings (SSSR count). The second kappa shape index (κ2) is 9.86. The molecule has 1 aromatic rings. The number of para-hydroxylation sites is 1. The lowest BCUT2D eigenvalue weighted by atomic mass is 10.2. The van der Waals surface area contributed by atoms with Crippen LogP contribution in [0.15, 0.2) is 30.3 Å². The fourth-order valence-corrected chi connectivity index (χ4v) is 7.61. The molecule has 2 nitrogen and oxygen atoms in total. The number of hydrogen-bond donors (Lipinski definition) is 1. The highest BCUT2D eigenvalue weighted by Crippen LogP contribution is 2.32. The molecule has 0 fully saturated rings. The Morgan fingerprint density at radius 2 is 1.61 bits per heavy atom. The molecule has 0 aromatic heterocycles. The predicted molar refractivity (Wildman–Crippen MR) is 99.9 cm³/mol. The molecule has 4 heteroatoms. The summed E-state index contributed by atoms with van der Waals surface area (Å²) in [5.74, 6) is 0.869. The topological polar surface area (TPSA) is 29.1 Å². The molecule has 0 aliphatic carbocycles. The van der Waals surface area contributed by atoms with Crippen LogP contribution in [0.3, 0.4) is 0 Å². The standard InChI is InChI=1S/C19H32FNOSi/c1-16(2)14-23(20,15-17(3)4)13-9-8-12-19(22)21-18-10-6-5-7-11-18/h5-7,10-11,16-17H,8-9,12-15H2,1-4H3,(H,21,22). The first-order chi connectivity index (χ1) is 10.8. The van der Waals surface area contributed by atoms with Crippen molar-refractivity contribution in [2.24, 2.45) is 11.8 Å². The summed E-state index contributed by atoms with van der Waals surface area (Å²) in [4.78, 5) is 11.9. The van der Waals surface area contributed by atoms with Gasteiger partial charge in [0, 0.05) is 12.1 Å². The van der Waals surface area contributed by atoms with Crippen molar-refractivity contribution in [3.8, 4) is 0 Å². The van der Waals surface area contributed by atoms with Crippen LogP contribution in [0.25, 0.3) is 0 Å². The number of unbranched alkanes of at least 4 members (excludes halogenated alkanes) is 1. The number of carbonyl (C=O) groups is 1. The van der Waals surface area contributed by atoms with Gasteiger partial charge in [-0.15, -0.1) is 0 Å². The summed E-state index contributed by atoms with van der Waals surface area (Å²) in [7, 11) is -2.65. The maximum Gasteiger partial charge on any atom is 0.247 e. The molecule has 0 saturated carbocycles. The van der Waals surface area contributed by atoms with Gasteiger partial charge in [-0.3, -0.25) is 4.79 Å². The zero-order valence-electron chi connectivity index (χ0n) is 15.1. The summed E-state index contributed by atoms with van der Waals surface area (Å²) in [6.07, 6.45) is 2.07. The van der Waals surface area contributed by atoms with E-state index in [-0.39, 0.29) is 5.91 Å². The Balaban J connectivity index is 2.34. The van der Waals surface area contributed by atoms with Crippen molar-refractivity contribution in [2.75, 3.05) is 5.32 Å². The smallest absolute Gasteiger partial charge is 0.247 e. The van der Waals surface area contributed by atoms with Crippen LogP contribution >= 0.6 is 0 Å². The van der Waals surface area contributed by atoms with Crippen LogP contribution in [0.5, 0.6) is 0 Å². The second-order valence-electron chi connectivity index (χ2n) is 7.47. The van der Waals surface area contributed by atoms with E-state index in [0.29, 0.717) is 24.3 Å². The first-order valence-corrected chi connectivity index (χ1v) is 11.3. The number of carbonyl (C=O) groups excluding carboxylic acids is 1. The van der Waals surface area contributed by atoms with Crippen molar-refractivity contribution < 1.29 is 8.90 Å². The van der Waals surface area contributed by atoms with E-state index in [1.54, 1.807) is 0 Å². The molecule has 1 aromatic carbocycles. The van der Waals surface area contributed by atoms with Crippen molar-refractivity contribution in [3.63, 3.8) is 0 Å². The molecule has 0 spiro atoms. The van der Waals surface area contributed by atoms with Gasteiger partial charge in [-0.1, -0.05) is 52.3 Å². The van der Waals surface area contributed by atoms with E-state index in [2.05, 4.69) is 33.0 Å². The van der Waals surface area contributed by atoms with E-state index in [1.807, 2.05) is 30.3 Å². The number of benzene rings is 1. The van der Waals surface area contributed by atoms with Crippen LogP contribution in [-0.4, -0.2) is 14.3 Å². The van der Waals surface area contributed by atoms with Crippen molar-refractivity contribution in [1.82, 2.24) is 0 Å². The summed E-state index contributed by atoms with van der Waals surface area (Å²) in [5.41, 5.74) is 0.825. The minimum Gasteiger partial charge on any atom is -0.326 e. The highest BCUT2D eigenvalue weighted by Gasteiger charge is 2.34. The van der Waals surface area contributed by atoms with Crippen molar-refractivity contribution in [2.45, 2.75) is 65.1 Å². The van der Waals surface area contributed by atoms with Crippen LogP contribution in [0.2, 0.25) is 18.1 Å². The van der Waals surface area contributed by atoms with E-state index in [4.69, 9.17) is 0 Å². The van der Waals surface area contributed by atoms with E-state index in [1.165, 1.54) is 0 Å². The number of rotatable bonds is 10. The van der Waals surface area contributed by atoms with Gasteiger partial charge in [0.1, 0.15) is 0 Å². The van der Waals surface area contributed by atoms with Crippen molar-refractivity contribution in [1.29, 1.82) is 0 Å². The van der Waals surface area contributed by atoms with Crippen LogP contribution in [0.1, 0.15) is 47.0 Å². The summed E-state index contributed by atoms with van der Waals surface area (Å²) in [5, 5.41) is 2.88. The molecule has 130 valence electrons. The maximum atomic E-state index is 15.2. The fourth-order valence-electron chi connectivity index (χ4n) is 3.22. The lowest BCUT2D eigenvalue weighted by molar-refractivity contribution is -0.116. The second-order valence-corrected chi connectivity index (χ2v) is 11.1. The van der Waals surface area contributed by atoms with Crippen molar-refractivity contribution in [3.05, 3.63) is 30.3 Å². The van der Waals surface area contributed by atoms with Gasteiger partial charge in [0.05, 0.1) is 0 Å². The average Bonchev–Trinajstić information content (AvgIpc) is 2.43. The number of amides is 1. The summed E-state index contributed by atoms with van der Waals surface area (Å²) >= 11 is 0. The molecule has 1 N–H and O–H groups in total. The zero-order valence-corrected chi connectivity index (χ0v) is 16.1. The third-order valence-electron chi connectivity index (χ3n) is 3.88. The molecule has 0 aliphatic heterocycles. The third kappa shape index (κ3) is 8.89. The number of nitrogens with one attached hydrogen (secondary N) is 1. The molecule has 0 aliphatic rings. The monoisotopic (exact) mass is 337 g/mol. The molecule has 1 amide bonds. The highest BCUT2D eigenvalue weighted by atomic mass is 28.4. The largest absolute Gasteiger partial charge is 0.326 e. The van der Waals surface area contributed by atoms with E-state index in [9.17, 15) is 4.79 Å². The Morgan fingerprint density at radius 3 is 2.13 bits per heavy atom. The third-order valence-corrected chi connectivity index (χ3v) is 8.23. The maximum absolute atomic E-state index is 15.2. The van der Waals surface area contributed by atoms with Crippen LogP contribution < -0.4 is 5.32 Å². The minimum absolute atomic E-state index is 0.0232. The van der Waals surface area contributed by atoms with Crippen molar-refractivity contribution >= 4 is 20.0 Å². The first kappa shape index (κ1) is 19.9. The molecule has 0 unspecified atom stereocenters. The van der Waals surface area contributed by atoms with Gasteiger partial charge in [0.2, 0.25) is 14.3 Å². The van der Waals surface area contributed by atoms with E-state index < -0.39 is 8.41 Å². The molecular formula is C19H32FNOSi. The SMILES string of the molecule is CC(C)C[Si](F)(CCCCC(=O)Nc1ccccc1)CC(C)C. The number of halogens is 1. The van der Waals surface area contributed by atoms with Gasteiger partial charge < -0.3 is 9.42 Å². The summed E-state index contributed by atoms with van der Waals surface area (Å²) < 4.78 is 15.2. The lowest BCUT2D eigenvalue weighted by Gasteiger charge is -2.26. The van der Waals surface area contributed by atoms with Crippen LogP contribution in [0, 0.1) is 11.8 Å². The highest BCUT2D eigenvalue weighted by molar-refractivity contribution is 6.73. The minimum atomic E-state index is -2.65. The Labute approximate surface area is 142 Å². The Hall–Kier alpha value is -1.16. The fraction of sp³-hybridized carbons (Fsp3) is 0.632. The Kier molecular flexibility index (Phi) is 8.52. The zero-order chi connectivity index (χ0) is 17.3. The van der Waals surface area contributed by atoms with Gasteiger partial charge in [-0.05, 0) is 48.5 Å². The number of anilines is 1. The quantitative estimate of drug-likeness (QED) is 0.315. The van der Waals surface area contributed by atoms with Crippen LogP contribution in [0.4, 0.5) is 9.80 Å². The number of hydrogen-bond acceptors (Lipinski definition) is 1. The molecule has 0 atom stereocenters. The summed E-state index contributed by atoms with van der Waals surface area (Å²) in [6.45, 7) is 8.42. The Morgan fingerprint density at radius 1 is 1.04 bits per heavy atom. The normalized spacial score (nSPS) is 12.0. The Bertz CT molecular complexity index is 452. The van der Waals surface area contributed by atoms with Crippen LogP contribution in [-0.2, 0) is 4.79 Å². The first-order valence-electron chi connectivity index (χ1n) is 8.84. The van der Waals surface area contributed by atoms with E-state index >= 15 is 4.11 Å². The van der Waals surface area contributed by atoms with Gasteiger partial charge in [-0.2, -0.15) is 0 Å². The predicted octanol–water partition coefficient (Wildman–Crippen LogP) is 6.02. The van der Waals surface area contributed by atoms with Gasteiger partial charge in [0.15, 0.2) is 0 Å². The molecule has 0 bridgehead atoms. The van der Waals surface area contributed by atoms with Gasteiger partial charge >= 0.3 is 0 Å². The average molecular weight is 338 g/mol. The van der Waals surface area contributed by atoms with E-state index in [0.717, 1.165) is 30.6 Å². The summed E-state index contributed by atoms with van der Waals surface area (Å²) in [6, 6.07) is 11.7. The molecule has 0 heterocycles. The molecule has 0 radical (unpaired) electrons. The van der Waals surface area contributed by atoms with Gasteiger partial charge in [-0.25, -0.2) is 0 Å². The lowest BCUT2D eigenvalue weighted by Crippen LogP contribution is -2.31. The molecule has 0 saturated heterocycles. The molecule has 23 heavy (non-hydrogen) atoms. The molecular weight excluding hydrogens is 305 g/mol. The van der Waals surface area contributed by atoms with Gasteiger partial charge in [0.25, 0.3) is 0 Å².